The van der Waals surface area contributed by atoms with Gasteiger partial charge in [0.25, 0.3) is 0 Å². The first-order chi connectivity index (χ1) is 8.99. The van der Waals surface area contributed by atoms with Gasteiger partial charge >= 0.3 is 0 Å². The smallest absolute Gasteiger partial charge is 0.127 e. The summed E-state index contributed by atoms with van der Waals surface area (Å²) in [6.07, 6.45) is 1.56. The van der Waals surface area contributed by atoms with E-state index in [9.17, 15) is 8.78 Å². The van der Waals surface area contributed by atoms with Crippen LogP contribution in [0.5, 0.6) is 0 Å². The van der Waals surface area contributed by atoms with Crippen molar-refractivity contribution in [2.24, 2.45) is 4.99 Å². The lowest BCUT2D eigenvalue weighted by Crippen LogP contribution is -2.01. The molecule has 1 N–H and O–H groups in total. The van der Waals surface area contributed by atoms with Crippen LogP contribution < -0.4 is 0 Å². The van der Waals surface area contributed by atoms with Crippen molar-refractivity contribution in [3.8, 4) is 0 Å². The highest BCUT2D eigenvalue weighted by atomic mass is 19.1. The van der Waals surface area contributed by atoms with Gasteiger partial charge in [0.1, 0.15) is 11.6 Å². The zero-order chi connectivity index (χ0) is 14.4. The number of nitrogens with zero attached hydrogens (tertiary/aromatic N) is 1. The van der Waals surface area contributed by atoms with Crippen LogP contribution in [0.3, 0.4) is 0 Å². The number of hydrogen-bond donors (Lipinski definition) is 1. The molecule has 0 atom stereocenters. The number of aliphatic hydroxyl groups is 1. The fourth-order valence-corrected chi connectivity index (χ4v) is 1.73. The molecule has 0 aliphatic heterocycles. The molecule has 104 valence electrons. The van der Waals surface area contributed by atoms with Crippen LogP contribution in [0.15, 0.2) is 34.7 Å². The van der Waals surface area contributed by atoms with Gasteiger partial charge in [0.05, 0.1) is 12.3 Å². The molecule has 0 spiro atoms. The highest BCUT2D eigenvalue weighted by Crippen LogP contribution is 2.15. The minimum atomic E-state index is -0.537. The molecule has 0 aromatic heterocycles. The summed E-state index contributed by atoms with van der Waals surface area (Å²) in [6.45, 7) is 4.40. The zero-order valence-corrected chi connectivity index (χ0v) is 11.5. The molecule has 0 heterocycles. The fourth-order valence-electron chi connectivity index (χ4n) is 1.73. The Bertz CT molecular complexity index is 503. The van der Waals surface area contributed by atoms with Gasteiger partial charge in [-0.1, -0.05) is 25.5 Å². The van der Waals surface area contributed by atoms with Crippen LogP contribution in [0, 0.1) is 5.82 Å². The molecule has 0 aliphatic carbocycles. The number of hydrogen-bond acceptors (Lipinski definition) is 2. The van der Waals surface area contributed by atoms with Gasteiger partial charge in [-0.05, 0) is 37.5 Å². The quantitative estimate of drug-likeness (QED) is 0.809. The Morgan fingerprint density at radius 3 is 2.47 bits per heavy atom. The van der Waals surface area contributed by atoms with E-state index >= 15 is 0 Å². The number of rotatable bonds is 5. The largest absolute Gasteiger partial charge is 0.390 e. The summed E-state index contributed by atoms with van der Waals surface area (Å²) in [4.78, 5) is 3.99. The number of halogens is 2. The van der Waals surface area contributed by atoms with Crippen molar-refractivity contribution in [2.45, 2.75) is 33.6 Å². The molecule has 0 amide bonds. The van der Waals surface area contributed by atoms with Crippen LogP contribution in [-0.2, 0) is 6.42 Å². The van der Waals surface area contributed by atoms with Crippen LogP contribution in [0.2, 0.25) is 0 Å². The molecule has 4 heteroatoms. The molecule has 1 aromatic rings. The first-order valence-electron chi connectivity index (χ1n) is 6.29. The van der Waals surface area contributed by atoms with Gasteiger partial charge in [-0.3, -0.25) is 4.99 Å². The van der Waals surface area contributed by atoms with Crippen LogP contribution in [0.1, 0.15) is 38.3 Å². The summed E-state index contributed by atoms with van der Waals surface area (Å²) < 4.78 is 26.8. The number of aliphatic imine (C=N–C) groups is 1. The molecule has 0 unspecified atom stereocenters. The number of benzene rings is 1. The Morgan fingerprint density at radius 1 is 1.32 bits per heavy atom. The van der Waals surface area contributed by atoms with E-state index in [4.69, 9.17) is 5.11 Å². The topological polar surface area (TPSA) is 32.6 Å². The third kappa shape index (κ3) is 4.24. The van der Waals surface area contributed by atoms with Crippen molar-refractivity contribution in [1.29, 1.82) is 0 Å². The predicted octanol–water partition coefficient (Wildman–Crippen LogP) is 3.78. The van der Waals surface area contributed by atoms with Gasteiger partial charge in [0.15, 0.2) is 0 Å². The summed E-state index contributed by atoms with van der Waals surface area (Å²) in [5.74, 6) is -0.815. The first kappa shape index (κ1) is 15.5. The molecule has 19 heavy (non-hydrogen) atoms. The molecule has 0 aliphatic rings. The zero-order valence-electron chi connectivity index (χ0n) is 11.5. The minimum Gasteiger partial charge on any atom is -0.390 e. The second kappa shape index (κ2) is 7.14. The fraction of sp³-hybridized carbons (Fsp3) is 0.400. The monoisotopic (exact) mass is 267 g/mol. The summed E-state index contributed by atoms with van der Waals surface area (Å²) in [6, 6.07) is 4.87. The molecule has 0 bridgehead atoms. The Morgan fingerprint density at radius 2 is 2.00 bits per heavy atom. The van der Waals surface area contributed by atoms with E-state index in [1.165, 1.54) is 13.0 Å². The highest BCUT2D eigenvalue weighted by Gasteiger charge is 2.06. The maximum atomic E-state index is 13.8. The van der Waals surface area contributed by atoms with Gasteiger partial charge in [0.2, 0.25) is 0 Å². The van der Waals surface area contributed by atoms with Crippen molar-refractivity contribution in [3.63, 3.8) is 0 Å². The molecular weight excluding hydrogens is 248 g/mol. The van der Waals surface area contributed by atoms with Crippen molar-refractivity contribution < 1.29 is 13.9 Å². The van der Waals surface area contributed by atoms with Gasteiger partial charge < -0.3 is 5.11 Å². The van der Waals surface area contributed by atoms with E-state index in [1.807, 2.05) is 6.92 Å². The Kier molecular flexibility index (Phi) is 5.83. The van der Waals surface area contributed by atoms with Crippen LogP contribution in [0.4, 0.5) is 8.78 Å². The van der Waals surface area contributed by atoms with Crippen molar-refractivity contribution >= 4 is 5.71 Å². The number of aliphatic hydroxyl groups excluding tert-OH is 1. The van der Waals surface area contributed by atoms with Crippen molar-refractivity contribution in [2.75, 3.05) is 6.61 Å². The minimum absolute atomic E-state index is 0.0319. The number of aryl methyl sites for hydroxylation is 1. The molecule has 1 aromatic carbocycles. The lowest BCUT2D eigenvalue weighted by Gasteiger charge is -2.06. The predicted molar refractivity (Wildman–Crippen MR) is 73.5 cm³/mol. The van der Waals surface area contributed by atoms with E-state index in [-0.39, 0.29) is 11.5 Å². The molecular formula is C15H19F2NO. The van der Waals surface area contributed by atoms with Crippen LogP contribution >= 0.6 is 0 Å². The average molecular weight is 267 g/mol. The second-order valence-corrected chi connectivity index (χ2v) is 4.39. The lowest BCUT2D eigenvalue weighted by atomic mass is 10.0. The molecule has 2 nitrogen and oxygen atoms in total. The maximum absolute atomic E-state index is 13.8. The standard InChI is InChI=1S/C15H19F2NO/c1-4-5-12-6-7-13(8-14(12)17)11(3)18-15(9-19)10(2)16/h6-8,19H,4-5,9H2,1-3H3/b15-10+,18-11?. The summed E-state index contributed by atoms with van der Waals surface area (Å²) in [7, 11) is 0. The summed E-state index contributed by atoms with van der Waals surface area (Å²) in [5.41, 5.74) is 1.70. The lowest BCUT2D eigenvalue weighted by molar-refractivity contribution is 0.324. The van der Waals surface area contributed by atoms with E-state index in [2.05, 4.69) is 4.99 Å². The number of allylic oxidation sites excluding steroid dienone is 1. The van der Waals surface area contributed by atoms with Crippen LogP contribution in [0.25, 0.3) is 0 Å². The summed E-state index contributed by atoms with van der Waals surface area (Å²) >= 11 is 0. The third-order valence-corrected chi connectivity index (χ3v) is 2.84. The third-order valence-electron chi connectivity index (χ3n) is 2.84. The summed E-state index contributed by atoms with van der Waals surface area (Å²) in [5, 5.41) is 8.98. The normalized spacial score (nSPS) is 13.5. The second-order valence-electron chi connectivity index (χ2n) is 4.39. The SMILES string of the molecule is CCCc1ccc(C(C)=N/C(CO)=C(\C)F)cc1F. The van der Waals surface area contributed by atoms with Gasteiger partial charge in [-0.2, -0.15) is 0 Å². The molecule has 0 radical (unpaired) electrons. The Balaban J connectivity index is 3.07. The van der Waals surface area contributed by atoms with E-state index in [0.717, 1.165) is 6.42 Å². The molecule has 0 fully saturated rings. The molecule has 0 saturated carbocycles. The van der Waals surface area contributed by atoms with E-state index < -0.39 is 12.4 Å². The maximum Gasteiger partial charge on any atom is 0.127 e. The van der Waals surface area contributed by atoms with Gasteiger partial charge in [0, 0.05) is 5.71 Å². The van der Waals surface area contributed by atoms with E-state index in [1.54, 1.807) is 19.1 Å². The average Bonchev–Trinajstić information content (AvgIpc) is 2.37. The molecule has 1 rings (SSSR count). The van der Waals surface area contributed by atoms with Gasteiger partial charge in [-0.15, -0.1) is 0 Å². The van der Waals surface area contributed by atoms with Crippen molar-refractivity contribution in [1.82, 2.24) is 0 Å². The first-order valence-corrected chi connectivity index (χ1v) is 6.29. The van der Waals surface area contributed by atoms with Crippen molar-refractivity contribution in [3.05, 3.63) is 46.7 Å². The molecule has 0 saturated heterocycles. The Labute approximate surface area is 112 Å². The Hall–Kier alpha value is -1.55. The van der Waals surface area contributed by atoms with E-state index in [0.29, 0.717) is 23.3 Å². The highest BCUT2D eigenvalue weighted by molar-refractivity contribution is 5.99. The van der Waals surface area contributed by atoms with Crippen LogP contribution in [-0.4, -0.2) is 17.4 Å². The van der Waals surface area contributed by atoms with Gasteiger partial charge in [-0.25, -0.2) is 8.78 Å².